The summed E-state index contributed by atoms with van der Waals surface area (Å²) in [5.41, 5.74) is 0.435. The second-order valence-electron chi connectivity index (χ2n) is 3.87. The molecule has 0 aliphatic carbocycles. The molecule has 0 heterocycles. The van der Waals surface area contributed by atoms with Crippen LogP contribution in [0.3, 0.4) is 0 Å². The second-order valence-corrected chi connectivity index (χ2v) is 7.36. The minimum Gasteiger partial charge on any atom is -0.462 e. The molecule has 5 heteroatoms. The van der Waals surface area contributed by atoms with Gasteiger partial charge >= 0.3 is 5.97 Å². The topological polar surface area (TPSA) is 38.3 Å². The van der Waals surface area contributed by atoms with E-state index in [2.05, 4.69) is 18.9 Å². The quantitative estimate of drug-likeness (QED) is 0.585. The molecule has 0 saturated carbocycles. The van der Waals surface area contributed by atoms with Gasteiger partial charge in [-0.05, 0) is 26.4 Å². The SMILES string of the molecule is CC(C)OC(=O)[C@@H](C)N[PH](=S)C(C)C. The summed E-state index contributed by atoms with van der Waals surface area (Å²) in [7, 11) is 0. The Bertz CT molecular complexity index is 219. The average Bonchev–Trinajstić information content (AvgIpc) is 2.02. The summed E-state index contributed by atoms with van der Waals surface area (Å²) < 4.78 is 5.06. The maximum absolute atomic E-state index is 11.4. The number of esters is 1. The van der Waals surface area contributed by atoms with E-state index in [1.165, 1.54) is 0 Å². The van der Waals surface area contributed by atoms with E-state index in [1.807, 2.05) is 13.8 Å². The predicted molar refractivity (Wildman–Crippen MR) is 64.6 cm³/mol. The van der Waals surface area contributed by atoms with Gasteiger partial charge in [-0.3, -0.25) is 9.88 Å². The molecule has 0 radical (unpaired) electrons. The number of carbonyl (C=O) groups excluding carboxylic acids is 1. The fourth-order valence-corrected chi connectivity index (χ4v) is 2.18. The monoisotopic (exact) mass is 237 g/mol. The Labute approximate surface area is 92.1 Å². The zero-order valence-corrected chi connectivity index (χ0v) is 11.3. The van der Waals surface area contributed by atoms with E-state index in [0.717, 1.165) is 0 Å². The number of hydrogen-bond donors (Lipinski definition) is 1. The molecular weight excluding hydrogens is 217 g/mol. The molecule has 3 nitrogen and oxygen atoms in total. The molecule has 0 fully saturated rings. The Morgan fingerprint density at radius 3 is 2.14 bits per heavy atom. The highest BCUT2D eigenvalue weighted by molar-refractivity contribution is 8.04. The van der Waals surface area contributed by atoms with Crippen molar-refractivity contribution in [3.63, 3.8) is 0 Å². The normalized spacial score (nSPS) is 15.6. The van der Waals surface area contributed by atoms with Gasteiger partial charge in [-0.2, -0.15) is 0 Å². The van der Waals surface area contributed by atoms with Crippen LogP contribution in [-0.4, -0.2) is 23.8 Å². The van der Waals surface area contributed by atoms with Gasteiger partial charge in [-0.1, -0.05) is 25.7 Å². The molecule has 0 aromatic rings. The van der Waals surface area contributed by atoms with Crippen molar-refractivity contribution in [1.82, 2.24) is 5.09 Å². The fourth-order valence-electron chi connectivity index (χ4n) is 0.773. The Morgan fingerprint density at radius 1 is 1.29 bits per heavy atom. The molecule has 0 rings (SSSR count). The third kappa shape index (κ3) is 5.74. The van der Waals surface area contributed by atoms with Gasteiger partial charge in [0.05, 0.1) is 6.10 Å². The summed E-state index contributed by atoms with van der Waals surface area (Å²) in [6, 6.07) is -0.286. The molecule has 1 unspecified atom stereocenters. The Balaban J connectivity index is 4.01. The van der Waals surface area contributed by atoms with E-state index in [0.29, 0.717) is 5.66 Å². The first-order chi connectivity index (χ1) is 6.34. The van der Waals surface area contributed by atoms with E-state index in [9.17, 15) is 4.79 Å². The van der Waals surface area contributed by atoms with Crippen molar-refractivity contribution in [3.8, 4) is 0 Å². The molecule has 0 bridgehead atoms. The van der Waals surface area contributed by atoms with E-state index in [4.69, 9.17) is 16.5 Å². The summed E-state index contributed by atoms with van der Waals surface area (Å²) in [5.74, 6) is -0.215. The summed E-state index contributed by atoms with van der Waals surface area (Å²) >= 11 is 5.25. The predicted octanol–water partition coefficient (Wildman–Crippen LogP) is 1.92. The zero-order valence-electron chi connectivity index (χ0n) is 9.46. The maximum atomic E-state index is 11.4. The Hall–Kier alpha value is 0.0800. The van der Waals surface area contributed by atoms with Gasteiger partial charge in [0.1, 0.15) is 6.04 Å². The first-order valence-electron chi connectivity index (χ1n) is 4.85. The van der Waals surface area contributed by atoms with Crippen molar-refractivity contribution < 1.29 is 9.53 Å². The molecule has 0 spiro atoms. The van der Waals surface area contributed by atoms with Gasteiger partial charge in [0.15, 0.2) is 0 Å². The summed E-state index contributed by atoms with van der Waals surface area (Å²) in [5, 5.41) is 3.13. The first kappa shape index (κ1) is 14.1. The third-order valence-corrected chi connectivity index (χ3v) is 5.12. The van der Waals surface area contributed by atoms with Crippen LogP contribution in [-0.2, 0) is 21.3 Å². The molecule has 0 aromatic carbocycles. The van der Waals surface area contributed by atoms with Gasteiger partial charge in [0.2, 0.25) is 0 Å². The Morgan fingerprint density at radius 2 is 1.79 bits per heavy atom. The first-order valence-corrected chi connectivity index (χ1v) is 7.56. The highest BCUT2D eigenvalue weighted by Crippen LogP contribution is 2.23. The minimum absolute atomic E-state index is 0.0633. The van der Waals surface area contributed by atoms with Crippen LogP contribution in [0.5, 0.6) is 0 Å². The van der Waals surface area contributed by atoms with Crippen molar-refractivity contribution in [2.45, 2.75) is 52.4 Å². The standard InChI is InChI=1S/C9H20NO2PS/c1-6(2)12-9(11)8(5)10-13(14)7(3)4/h6-8,13H,1-5H3,(H,10,14)/t8-/m1/s1. The number of carbonyl (C=O) groups is 1. The van der Waals surface area contributed by atoms with E-state index >= 15 is 0 Å². The number of nitrogens with one attached hydrogen (secondary N) is 1. The zero-order chi connectivity index (χ0) is 11.3. The van der Waals surface area contributed by atoms with E-state index in [1.54, 1.807) is 6.92 Å². The maximum Gasteiger partial charge on any atom is 0.323 e. The second kappa shape index (κ2) is 6.54. The molecule has 0 aromatic heterocycles. The van der Waals surface area contributed by atoms with Crippen molar-refractivity contribution in [2.75, 3.05) is 0 Å². The summed E-state index contributed by atoms with van der Waals surface area (Å²) in [4.78, 5) is 11.4. The smallest absolute Gasteiger partial charge is 0.323 e. The van der Waals surface area contributed by atoms with Crippen LogP contribution in [0.4, 0.5) is 0 Å². The van der Waals surface area contributed by atoms with Crippen molar-refractivity contribution in [2.24, 2.45) is 0 Å². The highest BCUT2D eigenvalue weighted by Gasteiger charge is 2.16. The summed E-state index contributed by atoms with van der Waals surface area (Å²) in [6.45, 7) is 8.55. The number of hydrogen-bond acceptors (Lipinski definition) is 3. The van der Waals surface area contributed by atoms with Gasteiger partial charge in [0, 0.05) is 6.85 Å². The van der Waals surface area contributed by atoms with Gasteiger partial charge in [-0.15, -0.1) is 0 Å². The van der Waals surface area contributed by atoms with Crippen LogP contribution < -0.4 is 5.09 Å². The lowest BCUT2D eigenvalue weighted by molar-refractivity contribution is -0.148. The van der Waals surface area contributed by atoms with E-state index < -0.39 is 6.85 Å². The molecule has 2 atom stereocenters. The number of ether oxygens (including phenoxy) is 1. The third-order valence-electron chi connectivity index (χ3n) is 1.59. The Kier molecular flexibility index (Phi) is 6.58. The van der Waals surface area contributed by atoms with Crippen molar-refractivity contribution >= 4 is 24.6 Å². The molecule has 1 N–H and O–H groups in total. The van der Waals surface area contributed by atoms with Gasteiger partial charge in [-0.25, -0.2) is 0 Å². The molecule has 0 saturated heterocycles. The molecule has 0 aliphatic rings. The van der Waals surface area contributed by atoms with Crippen LogP contribution >= 0.6 is 6.85 Å². The van der Waals surface area contributed by atoms with Crippen LogP contribution in [0.15, 0.2) is 0 Å². The van der Waals surface area contributed by atoms with Crippen LogP contribution in [0, 0.1) is 0 Å². The molecule has 0 aliphatic heterocycles. The van der Waals surface area contributed by atoms with Gasteiger partial charge in [0.25, 0.3) is 0 Å². The van der Waals surface area contributed by atoms with Crippen molar-refractivity contribution in [3.05, 3.63) is 0 Å². The van der Waals surface area contributed by atoms with Crippen LogP contribution in [0.25, 0.3) is 0 Å². The minimum atomic E-state index is -1.05. The lowest BCUT2D eigenvalue weighted by Crippen LogP contribution is -2.33. The van der Waals surface area contributed by atoms with Crippen molar-refractivity contribution in [1.29, 1.82) is 0 Å². The largest absolute Gasteiger partial charge is 0.462 e. The molecule has 84 valence electrons. The molecule has 0 amide bonds. The number of rotatable bonds is 5. The fraction of sp³-hybridized carbons (Fsp3) is 0.889. The van der Waals surface area contributed by atoms with Gasteiger partial charge < -0.3 is 4.74 Å². The van der Waals surface area contributed by atoms with E-state index in [-0.39, 0.29) is 18.1 Å². The summed E-state index contributed by atoms with van der Waals surface area (Å²) in [6.07, 6.45) is -0.0633. The highest BCUT2D eigenvalue weighted by atomic mass is 32.4. The van der Waals surface area contributed by atoms with Crippen LogP contribution in [0.1, 0.15) is 34.6 Å². The molecular formula is C9H20NO2PS. The lowest BCUT2D eigenvalue weighted by atomic mass is 10.4. The lowest BCUT2D eigenvalue weighted by Gasteiger charge is -2.18. The van der Waals surface area contributed by atoms with Crippen LogP contribution in [0.2, 0.25) is 0 Å². The molecule has 14 heavy (non-hydrogen) atoms. The average molecular weight is 237 g/mol.